The number of nitrogens with zero attached hydrogens (tertiary/aromatic N) is 2. The molecule has 2 aliphatic rings. The predicted molar refractivity (Wildman–Crippen MR) is 74.3 cm³/mol. The normalized spacial score (nSPS) is 31.1. The molecule has 2 atom stereocenters. The second-order valence-electron chi connectivity index (χ2n) is 6.38. The average molecular weight is 238 g/mol. The summed E-state index contributed by atoms with van der Waals surface area (Å²) >= 11 is 0. The Bertz CT molecular complexity index is 227. The predicted octanol–water partition coefficient (Wildman–Crippen LogP) is 2.98. The molecular formula is C15H30N2. The van der Waals surface area contributed by atoms with E-state index in [-0.39, 0.29) is 0 Å². The maximum atomic E-state index is 2.79. The van der Waals surface area contributed by atoms with Gasteiger partial charge in [-0.1, -0.05) is 20.8 Å². The van der Waals surface area contributed by atoms with Crippen molar-refractivity contribution in [1.82, 2.24) is 9.80 Å². The maximum absolute atomic E-state index is 2.79. The molecule has 2 saturated heterocycles. The highest BCUT2D eigenvalue weighted by Crippen LogP contribution is 2.26. The number of piperazine rings is 1. The summed E-state index contributed by atoms with van der Waals surface area (Å²) in [4.78, 5) is 5.53. The molecule has 2 heterocycles. The van der Waals surface area contributed by atoms with E-state index in [2.05, 4.69) is 30.6 Å². The first-order valence-electron chi connectivity index (χ1n) is 7.68. The molecule has 17 heavy (non-hydrogen) atoms. The summed E-state index contributed by atoms with van der Waals surface area (Å²) < 4.78 is 0. The van der Waals surface area contributed by atoms with Gasteiger partial charge in [-0.25, -0.2) is 0 Å². The molecule has 0 bridgehead atoms. The molecule has 0 amide bonds. The van der Waals surface area contributed by atoms with Crippen LogP contribution < -0.4 is 0 Å². The molecule has 2 rings (SSSR count). The van der Waals surface area contributed by atoms with Gasteiger partial charge in [0.05, 0.1) is 0 Å². The number of fused-ring (bicyclic) bond motifs is 1. The zero-order chi connectivity index (χ0) is 12.3. The quantitative estimate of drug-likeness (QED) is 0.726. The molecule has 2 aliphatic heterocycles. The van der Waals surface area contributed by atoms with Crippen LogP contribution in [0.25, 0.3) is 0 Å². The van der Waals surface area contributed by atoms with Crippen molar-refractivity contribution in [1.29, 1.82) is 0 Å². The third-order valence-corrected chi connectivity index (χ3v) is 4.60. The van der Waals surface area contributed by atoms with Gasteiger partial charge in [-0.3, -0.25) is 9.80 Å². The van der Waals surface area contributed by atoms with Crippen molar-refractivity contribution >= 4 is 0 Å². The van der Waals surface area contributed by atoms with Crippen LogP contribution in [0.2, 0.25) is 0 Å². The molecule has 0 aliphatic carbocycles. The van der Waals surface area contributed by atoms with Crippen LogP contribution in [0, 0.1) is 5.92 Å². The molecule has 0 N–H and O–H groups in total. The second kappa shape index (κ2) is 6.19. The first-order valence-corrected chi connectivity index (χ1v) is 7.68. The van der Waals surface area contributed by atoms with Crippen molar-refractivity contribution in [2.75, 3.05) is 26.2 Å². The van der Waals surface area contributed by atoms with Crippen molar-refractivity contribution in [3.8, 4) is 0 Å². The number of hydrogen-bond donors (Lipinski definition) is 0. The van der Waals surface area contributed by atoms with Gasteiger partial charge in [0, 0.05) is 25.2 Å². The SMILES string of the molecule is CCC1CN2CCCC2CN1CCCC(C)C. The van der Waals surface area contributed by atoms with E-state index in [4.69, 9.17) is 0 Å². The molecule has 2 fully saturated rings. The summed E-state index contributed by atoms with van der Waals surface area (Å²) in [5.41, 5.74) is 0. The highest BCUT2D eigenvalue weighted by molar-refractivity contribution is 4.91. The van der Waals surface area contributed by atoms with Crippen LogP contribution in [0.3, 0.4) is 0 Å². The van der Waals surface area contributed by atoms with Gasteiger partial charge in [-0.2, -0.15) is 0 Å². The van der Waals surface area contributed by atoms with Crippen LogP contribution in [0.5, 0.6) is 0 Å². The first-order chi connectivity index (χ1) is 8.20. The Hall–Kier alpha value is -0.0800. The largest absolute Gasteiger partial charge is 0.298 e. The molecule has 0 radical (unpaired) electrons. The topological polar surface area (TPSA) is 6.48 Å². The Kier molecular flexibility index (Phi) is 4.87. The monoisotopic (exact) mass is 238 g/mol. The van der Waals surface area contributed by atoms with Gasteiger partial charge >= 0.3 is 0 Å². The van der Waals surface area contributed by atoms with Crippen LogP contribution in [0.4, 0.5) is 0 Å². The van der Waals surface area contributed by atoms with Gasteiger partial charge in [0.25, 0.3) is 0 Å². The molecular weight excluding hydrogens is 208 g/mol. The average Bonchev–Trinajstić information content (AvgIpc) is 2.74. The van der Waals surface area contributed by atoms with Crippen LogP contribution in [-0.2, 0) is 0 Å². The van der Waals surface area contributed by atoms with E-state index in [9.17, 15) is 0 Å². The van der Waals surface area contributed by atoms with Crippen molar-refractivity contribution in [3.05, 3.63) is 0 Å². The van der Waals surface area contributed by atoms with E-state index in [0.29, 0.717) is 0 Å². The lowest BCUT2D eigenvalue weighted by Gasteiger charge is -2.43. The molecule has 2 heteroatoms. The zero-order valence-electron chi connectivity index (χ0n) is 12.0. The van der Waals surface area contributed by atoms with E-state index in [1.165, 1.54) is 58.3 Å². The Morgan fingerprint density at radius 1 is 1.24 bits per heavy atom. The van der Waals surface area contributed by atoms with Crippen molar-refractivity contribution in [2.24, 2.45) is 5.92 Å². The van der Waals surface area contributed by atoms with Gasteiger partial charge in [0.2, 0.25) is 0 Å². The van der Waals surface area contributed by atoms with Crippen molar-refractivity contribution in [3.63, 3.8) is 0 Å². The second-order valence-corrected chi connectivity index (χ2v) is 6.38. The number of hydrogen-bond acceptors (Lipinski definition) is 2. The van der Waals surface area contributed by atoms with Gasteiger partial charge in [-0.15, -0.1) is 0 Å². The van der Waals surface area contributed by atoms with Crippen molar-refractivity contribution < 1.29 is 0 Å². The fourth-order valence-corrected chi connectivity index (χ4v) is 3.51. The third-order valence-electron chi connectivity index (χ3n) is 4.60. The highest BCUT2D eigenvalue weighted by Gasteiger charge is 2.34. The van der Waals surface area contributed by atoms with E-state index < -0.39 is 0 Å². The fourth-order valence-electron chi connectivity index (χ4n) is 3.51. The Labute approximate surface area is 107 Å². The summed E-state index contributed by atoms with van der Waals surface area (Å²) in [6.07, 6.45) is 6.98. The van der Waals surface area contributed by atoms with E-state index in [1.807, 2.05) is 0 Å². The van der Waals surface area contributed by atoms with E-state index in [0.717, 1.165) is 18.0 Å². The molecule has 2 unspecified atom stereocenters. The van der Waals surface area contributed by atoms with Crippen molar-refractivity contribution in [2.45, 2.75) is 65.0 Å². The van der Waals surface area contributed by atoms with Crippen LogP contribution >= 0.6 is 0 Å². The third kappa shape index (κ3) is 3.45. The maximum Gasteiger partial charge on any atom is 0.0224 e. The molecule has 0 spiro atoms. The molecule has 0 saturated carbocycles. The minimum Gasteiger partial charge on any atom is -0.298 e. The molecule has 0 aromatic rings. The smallest absolute Gasteiger partial charge is 0.0224 e. The minimum atomic E-state index is 0.830. The van der Waals surface area contributed by atoms with E-state index in [1.54, 1.807) is 0 Å². The lowest BCUT2D eigenvalue weighted by Crippen LogP contribution is -2.55. The van der Waals surface area contributed by atoms with Gasteiger partial charge in [0.15, 0.2) is 0 Å². The Morgan fingerprint density at radius 2 is 2.06 bits per heavy atom. The van der Waals surface area contributed by atoms with Crippen LogP contribution in [0.15, 0.2) is 0 Å². The molecule has 100 valence electrons. The summed E-state index contributed by atoms with van der Waals surface area (Å²) in [5.74, 6) is 0.864. The van der Waals surface area contributed by atoms with Crippen LogP contribution in [0.1, 0.15) is 52.9 Å². The van der Waals surface area contributed by atoms with E-state index >= 15 is 0 Å². The summed E-state index contributed by atoms with van der Waals surface area (Å²) in [6, 6.07) is 1.72. The molecule has 0 aromatic carbocycles. The Balaban J connectivity index is 1.81. The van der Waals surface area contributed by atoms with Gasteiger partial charge in [0.1, 0.15) is 0 Å². The Morgan fingerprint density at radius 3 is 2.76 bits per heavy atom. The molecule has 0 aromatic heterocycles. The van der Waals surface area contributed by atoms with Gasteiger partial charge < -0.3 is 0 Å². The van der Waals surface area contributed by atoms with Gasteiger partial charge in [-0.05, 0) is 51.1 Å². The zero-order valence-corrected chi connectivity index (χ0v) is 12.0. The lowest BCUT2D eigenvalue weighted by atomic mass is 10.0. The highest BCUT2D eigenvalue weighted by atomic mass is 15.3. The summed E-state index contributed by atoms with van der Waals surface area (Å²) in [7, 11) is 0. The molecule has 2 nitrogen and oxygen atoms in total. The number of rotatable bonds is 5. The minimum absolute atomic E-state index is 0.830. The van der Waals surface area contributed by atoms with Crippen LogP contribution in [-0.4, -0.2) is 48.1 Å². The lowest BCUT2D eigenvalue weighted by molar-refractivity contribution is 0.0476. The summed E-state index contributed by atoms with van der Waals surface area (Å²) in [6.45, 7) is 12.4. The standard InChI is InChI=1S/C15H30N2/c1-4-14-11-17-10-6-8-15(17)12-16(14)9-5-7-13(2)3/h13-15H,4-12H2,1-3H3. The summed E-state index contributed by atoms with van der Waals surface area (Å²) in [5, 5.41) is 0. The fraction of sp³-hybridized carbons (Fsp3) is 1.00. The first kappa shape index (κ1) is 13.4.